The molecule has 2 saturated heterocycles. The molecule has 0 saturated carbocycles. The third-order valence-corrected chi connectivity index (χ3v) is 4.48. The Hall–Kier alpha value is -1.63. The lowest BCUT2D eigenvalue weighted by Gasteiger charge is -2.27. The fourth-order valence-electron chi connectivity index (χ4n) is 3.05. The van der Waals surface area contributed by atoms with Gasteiger partial charge in [-0.3, -0.25) is 14.4 Å². The first kappa shape index (κ1) is 16.7. The lowest BCUT2D eigenvalue weighted by Crippen LogP contribution is -2.46. The van der Waals surface area contributed by atoms with E-state index in [2.05, 4.69) is 0 Å². The van der Waals surface area contributed by atoms with Gasteiger partial charge in [-0.2, -0.15) is 0 Å². The van der Waals surface area contributed by atoms with Crippen LogP contribution in [0.5, 0.6) is 0 Å². The van der Waals surface area contributed by atoms with Gasteiger partial charge < -0.3 is 20.4 Å². The predicted octanol–water partition coefficient (Wildman–Crippen LogP) is -0.735. The lowest BCUT2D eigenvalue weighted by atomic mass is 10.1. The molecule has 2 N–H and O–H groups in total. The monoisotopic (exact) mass is 310 g/mol. The number of carbonyl (C=O) groups excluding carboxylic acids is 3. The van der Waals surface area contributed by atoms with Gasteiger partial charge in [-0.05, 0) is 19.9 Å². The number of rotatable bonds is 3. The van der Waals surface area contributed by atoms with E-state index in [4.69, 9.17) is 5.73 Å². The highest BCUT2D eigenvalue weighted by Crippen LogP contribution is 2.13. The topological polar surface area (TPSA) is 86.9 Å². The van der Waals surface area contributed by atoms with Crippen molar-refractivity contribution >= 4 is 17.7 Å². The van der Waals surface area contributed by atoms with E-state index in [9.17, 15) is 14.4 Å². The summed E-state index contributed by atoms with van der Waals surface area (Å²) >= 11 is 0. The summed E-state index contributed by atoms with van der Waals surface area (Å²) in [5.41, 5.74) is 5.42. The van der Waals surface area contributed by atoms with Gasteiger partial charge in [-0.25, -0.2) is 0 Å². The van der Waals surface area contributed by atoms with Crippen LogP contribution in [0.1, 0.15) is 25.7 Å². The highest BCUT2D eigenvalue weighted by Gasteiger charge is 2.29. The Morgan fingerprint density at radius 1 is 1.14 bits per heavy atom. The van der Waals surface area contributed by atoms with Crippen molar-refractivity contribution < 1.29 is 14.4 Å². The molecule has 22 heavy (non-hydrogen) atoms. The van der Waals surface area contributed by atoms with Gasteiger partial charge >= 0.3 is 0 Å². The number of likely N-dealkylation sites (N-methyl/N-ethyl adjacent to an activating group) is 1. The minimum Gasteiger partial charge on any atom is -0.369 e. The SMILES string of the molecule is CN1CCN(C(=O)CN2CCCCCC2=O)C[C@H](C(N)=O)C1. The summed E-state index contributed by atoms with van der Waals surface area (Å²) in [6.07, 6.45) is 3.42. The van der Waals surface area contributed by atoms with Gasteiger partial charge in [0, 0.05) is 39.1 Å². The van der Waals surface area contributed by atoms with E-state index in [1.165, 1.54) is 0 Å². The number of hydrogen-bond donors (Lipinski definition) is 1. The van der Waals surface area contributed by atoms with Gasteiger partial charge in [-0.15, -0.1) is 0 Å². The molecule has 0 bridgehead atoms. The zero-order chi connectivity index (χ0) is 16.1. The number of amides is 3. The van der Waals surface area contributed by atoms with Crippen LogP contribution in [-0.4, -0.2) is 78.7 Å². The zero-order valence-electron chi connectivity index (χ0n) is 13.3. The highest BCUT2D eigenvalue weighted by atomic mass is 16.2. The third kappa shape index (κ3) is 4.43. The van der Waals surface area contributed by atoms with Crippen molar-refractivity contribution in [3.8, 4) is 0 Å². The number of nitrogens with zero attached hydrogens (tertiary/aromatic N) is 3. The van der Waals surface area contributed by atoms with Gasteiger partial charge in [-0.1, -0.05) is 6.42 Å². The van der Waals surface area contributed by atoms with Gasteiger partial charge in [0.1, 0.15) is 0 Å². The Balaban J connectivity index is 1.97. The van der Waals surface area contributed by atoms with Gasteiger partial charge in [0.05, 0.1) is 12.5 Å². The van der Waals surface area contributed by atoms with Crippen LogP contribution in [0.25, 0.3) is 0 Å². The third-order valence-electron chi connectivity index (χ3n) is 4.48. The minimum absolute atomic E-state index is 0.0595. The fourth-order valence-corrected chi connectivity index (χ4v) is 3.05. The van der Waals surface area contributed by atoms with E-state index in [0.717, 1.165) is 19.3 Å². The van der Waals surface area contributed by atoms with Crippen LogP contribution < -0.4 is 5.73 Å². The van der Waals surface area contributed by atoms with Crippen LogP contribution in [0.2, 0.25) is 0 Å². The molecule has 0 radical (unpaired) electrons. The first-order chi connectivity index (χ1) is 10.5. The van der Waals surface area contributed by atoms with Crippen molar-refractivity contribution in [3.63, 3.8) is 0 Å². The number of carbonyl (C=O) groups is 3. The van der Waals surface area contributed by atoms with Crippen molar-refractivity contribution in [2.45, 2.75) is 25.7 Å². The molecule has 3 amide bonds. The van der Waals surface area contributed by atoms with Crippen molar-refractivity contribution in [3.05, 3.63) is 0 Å². The Morgan fingerprint density at radius 2 is 1.91 bits per heavy atom. The van der Waals surface area contributed by atoms with Crippen molar-refractivity contribution in [1.29, 1.82) is 0 Å². The molecule has 2 rings (SSSR count). The Kier molecular flexibility index (Phi) is 5.76. The molecule has 1 atom stereocenters. The summed E-state index contributed by atoms with van der Waals surface area (Å²) in [5, 5.41) is 0. The molecule has 2 heterocycles. The van der Waals surface area contributed by atoms with Crippen LogP contribution in [0.3, 0.4) is 0 Å². The van der Waals surface area contributed by atoms with E-state index in [-0.39, 0.29) is 30.2 Å². The molecular weight excluding hydrogens is 284 g/mol. The number of nitrogens with two attached hydrogens (primary N) is 1. The summed E-state index contributed by atoms with van der Waals surface area (Å²) in [4.78, 5) is 41.4. The van der Waals surface area contributed by atoms with E-state index in [1.807, 2.05) is 11.9 Å². The lowest BCUT2D eigenvalue weighted by molar-refractivity contribution is -0.140. The summed E-state index contributed by atoms with van der Waals surface area (Å²) in [7, 11) is 1.92. The normalized spacial score (nSPS) is 24.8. The summed E-state index contributed by atoms with van der Waals surface area (Å²) in [6, 6.07) is 0. The molecular formula is C15H26N4O3. The smallest absolute Gasteiger partial charge is 0.242 e. The van der Waals surface area contributed by atoms with Crippen LogP contribution in [0, 0.1) is 5.92 Å². The number of primary amides is 1. The fraction of sp³-hybridized carbons (Fsp3) is 0.800. The Labute approximate surface area is 131 Å². The van der Waals surface area contributed by atoms with Gasteiger partial charge in [0.2, 0.25) is 17.7 Å². The molecule has 2 aliphatic rings. The minimum atomic E-state index is -0.377. The quantitative estimate of drug-likeness (QED) is 0.744. The summed E-state index contributed by atoms with van der Waals surface area (Å²) in [5.74, 6) is -0.755. The highest BCUT2D eigenvalue weighted by molar-refractivity contribution is 5.85. The molecule has 0 unspecified atom stereocenters. The second-order valence-electron chi connectivity index (χ2n) is 6.33. The second-order valence-corrected chi connectivity index (χ2v) is 6.33. The standard InChI is InChI=1S/C15H26N4O3/c1-17-7-8-19(10-12(9-17)15(16)22)14(21)11-18-6-4-2-3-5-13(18)20/h12H,2-11H2,1H3,(H2,16,22)/t12-/m1/s1. The van der Waals surface area contributed by atoms with Crippen molar-refractivity contribution in [2.75, 3.05) is 46.3 Å². The van der Waals surface area contributed by atoms with E-state index in [0.29, 0.717) is 39.1 Å². The molecule has 2 aliphatic heterocycles. The van der Waals surface area contributed by atoms with E-state index < -0.39 is 0 Å². The predicted molar refractivity (Wildman–Crippen MR) is 81.8 cm³/mol. The second kappa shape index (κ2) is 7.58. The largest absolute Gasteiger partial charge is 0.369 e. The van der Waals surface area contributed by atoms with Crippen LogP contribution in [0.15, 0.2) is 0 Å². The summed E-state index contributed by atoms with van der Waals surface area (Å²) < 4.78 is 0. The molecule has 0 aliphatic carbocycles. The first-order valence-corrected chi connectivity index (χ1v) is 8.01. The van der Waals surface area contributed by atoms with Crippen LogP contribution in [-0.2, 0) is 14.4 Å². The maximum Gasteiger partial charge on any atom is 0.242 e. The molecule has 0 aromatic heterocycles. The summed E-state index contributed by atoms with van der Waals surface area (Å²) in [6.45, 7) is 2.97. The Morgan fingerprint density at radius 3 is 2.64 bits per heavy atom. The molecule has 2 fully saturated rings. The van der Waals surface area contributed by atoms with E-state index in [1.54, 1.807) is 9.80 Å². The molecule has 0 aromatic carbocycles. The molecule has 0 spiro atoms. The van der Waals surface area contributed by atoms with Gasteiger partial charge in [0.15, 0.2) is 0 Å². The first-order valence-electron chi connectivity index (χ1n) is 8.01. The maximum atomic E-state index is 12.5. The average Bonchev–Trinajstić information content (AvgIpc) is 2.78. The van der Waals surface area contributed by atoms with Crippen molar-refractivity contribution in [2.24, 2.45) is 11.7 Å². The molecule has 7 heteroatoms. The van der Waals surface area contributed by atoms with Crippen LogP contribution >= 0.6 is 0 Å². The molecule has 0 aromatic rings. The van der Waals surface area contributed by atoms with Crippen molar-refractivity contribution in [1.82, 2.24) is 14.7 Å². The van der Waals surface area contributed by atoms with E-state index >= 15 is 0 Å². The number of hydrogen-bond acceptors (Lipinski definition) is 4. The maximum absolute atomic E-state index is 12.5. The molecule has 7 nitrogen and oxygen atoms in total. The Bertz CT molecular complexity index is 441. The van der Waals surface area contributed by atoms with Gasteiger partial charge in [0.25, 0.3) is 0 Å². The average molecular weight is 310 g/mol. The number of likely N-dealkylation sites (tertiary alicyclic amines) is 1. The molecule has 124 valence electrons. The zero-order valence-corrected chi connectivity index (χ0v) is 13.3. The van der Waals surface area contributed by atoms with Crippen LogP contribution in [0.4, 0.5) is 0 Å².